The number of ether oxygens (including phenoxy) is 1. The molecule has 1 amide bonds. The van der Waals surface area contributed by atoms with Crippen LogP contribution >= 0.6 is 0 Å². The zero-order valence-electron chi connectivity index (χ0n) is 11.1. The predicted molar refractivity (Wildman–Crippen MR) is 71.2 cm³/mol. The summed E-state index contributed by atoms with van der Waals surface area (Å²) in [6.45, 7) is 3.20. The number of nitrogens with one attached hydrogen (secondary N) is 1. The van der Waals surface area contributed by atoms with Crippen LogP contribution in [-0.4, -0.2) is 23.1 Å². The van der Waals surface area contributed by atoms with E-state index in [1.807, 2.05) is 0 Å². The molecule has 0 unspecified atom stereocenters. The van der Waals surface area contributed by atoms with E-state index in [4.69, 9.17) is 9.26 Å². The molecule has 6 nitrogen and oxygen atoms in total. The van der Waals surface area contributed by atoms with Gasteiger partial charge in [0.1, 0.15) is 5.76 Å². The molecule has 1 aromatic heterocycles. The molecular formula is C14H14N2O4. The minimum Gasteiger partial charge on any atom is -0.449 e. The number of rotatable bonds is 4. The molecule has 0 saturated carbocycles. The van der Waals surface area contributed by atoms with Crippen molar-refractivity contribution in [3.63, 3.8) is 0 Å². The van der Waals surface area contributed by atoms with E-state index in [1.54, 1.807) is 43.3 Å². The minimum atomic E-state index is -0.931. The van der Waals surface area contributed by atoms with Crippen LogP contribution < -0.4 is 5.32 Å². The molecule has 1 heterocycles. The van der Waals surface area contributed by atoms with E-state index in [1.165, 1.54) is 6.92 Å². The van der Waals surface area contributed by atoms with Gasteiger partial charge >= 0.3 is 5.97 Å². The van der Waals surface area contributed by atoms with Crippen molar-refractivity contribution in [2.45, 2.75) is 20.0 Å². The molecule has 1 aromatic carbocycles. The normalized spacial score (nSPS) is 11.7. The quantitative estimate of drug-likeness (QED) is 0.864. The summed E-state index contributed by atoms with van der Waals surface area (Å²) in [4.78, 5) is 23.6. The number of aryl methyl sites for hydroxylation is 1. The molecule has 0 aliphatic rings. The molecule has 0 spiro atoms. The van der Waals surface area contributed by atoms with Crippen LogP contribution in [0.2, 0.25) is 0 Å². The Balaban J connectivity index is 1.92. The first kappa shape index (κ1) is 13.8. The van der Waals surface area contributed by atoms with Gasteiger partial charge in [0.2, 0.25) is 0 Å². The third-order valence-corrected chi connectivity index (χ3v) is 2.54. The third kappa shape index (κ3) is 3.44. The highest BCUT2D eigenvalue weighted by Crippen LogP contribution is 2.09. The Morgan fingerprint density at radius 3 is 2.60 bits per heavy atom. The Hall–Kier alpha value is -2.63. The van der Waals surface area contributed by atoms with Crippen molar-refractivity contribution < 1.29 is 18.8 Å². The number of esters is 1. The smallest absolute Gasteiger partial charge is 0.338 e. The number of nitrogens with zero attached hydrogens (tertiary/aromatic N) is 1. The molecule has 0 aliphatic carbocycles. The van der Waals surface area contributed by atoms with E-state index in [2.05, 4.69) is 10.5 Å². The molecule has 0 aliphatic heterocycles. The standard InChI is InChI=1S/C14H14N2O4/c1-9-8-12(16-20-9)15-13(17)10(2)19-14(18)11-6-4-3-5-7-11/h3-8,10H,1-2H3,(H,15,16,17)/t10-/m0/s1. The summed E-state index contributed by atoms with van der Waals surface area (Å²) in [7, 11) is 0. The van der Waals surface area contributed by atoms with Crippen LogP contribution in [0.5, 0.6) is 0 Å². The van der Waals surface area contributed by atoms with Crippen LogP contribution in [-0.2, 0) is 9.53 Å². The Labute approximate surface area is 115 Å². The highest BCUT2D eigenvalue weighted by Gasteiger charge is 2.19. The predicted octanol–water partition coefficient (Wildman–Crippen LogP) is 2.17. The second kappa shape index (κ2) is 6.01. The van der Waals surface area contributed by atoms with Crippen LogP contribution in [0.1, 0.15) is 23.0 Å². The van der Waals surface area contributed by atoms with Gasteiger partial charge in [0.15, 0.2) is 11.9 Å². The number of amides is 1. The highest BCUT2D eigenvalue weighted by atomic mass is 16.5. The van der Waals surface area contributed by atoms with Crippen molar-refractivity contribution >= 4 is 17.7 Å². The second-order valence-corrected chi connectivity index (χ2v) is 4.23. The van der Waals surface area contributed by atoms with Crippen molar-refractivity contribution in [3.05, 3.63) is 47.7 Å². The van der Waals surface area contributed by atoms with Crippen molar-refractivity contribution in [1.29, 1.82) is 0 Å². The number of carbonyl (C=O) groups excluding carboxylic acids is 2. The van der Waals surface area contributed by atoms with Crippen molar-refractivity contribution in [3.8, 4) is 0 Å². The maximum atomic E-state index is 11.8. The summed E-state index contributed by atoms with van der Waals surface area (Å²) >= 11 is 0. The Bertz CT molecular complexity index is 607. The summed E-state index contributed by atoms with van der Waals surface area (Å²) < 4.78 is 9.89. The van der Waals surface area contributed by atoms with Gasteiger partial charge in [-0.2, -0.15) is 0 Å². The third-order valence-electron chi connectivity index (χ3n) is 2.54. The van der Waals surface area contributed by atoms with Gasteiger partial charge < -0.3 is 14.6 Å². The lowest BCUT2D eigenvalue weighted by molar-refractivity contribution is -0.123. The lowest BCUT2D eigenvalue weighted by atomic mass is 10.2. The van der Waals surface area contributed by atoms with Crippen molar-refractivity contribution in [1.82, 2.24) is 5.16 Å². The van der Waals surface area contributed by atoms with Crippen LogP contribution in [0, 0.1) is 6.92 Å². The number of carbonyl (C=O) groups is 2. The number of aromatic nitrogens is 1. The lowest BCUT2D eigenvalue weighted by Crippen LogP contribution is -2.30. The highest BCUT2D eigenvalue weighted by molar-refractivity contribution is 5.96. The van der Waals surface area contributed by atoms with Gasteiger partial charge in [-0.25, -0.2) is 4.79 Å². The van der Waals surface area contributed by atoms with Gasteiger partial charge in [-0.1, -0.05) is 23.4 Å². The summed E-state index contributed by atoms with van der Waals surface area (Å²) in [6, 6.07) is 10.0. The Kier molecular flexibility index (Phi) is 4.14. The molecule has 104 valence electrons. The fraction of sp³-hybridized carbons (Fsp3) is 0.214. The maximum absolute atomic E-state index is 11.8. The molecule has 2 aromatic rings. The summed E-state index contributed by atoms with van der Waals surface area (Å²) in [5.74, 6) is -0.156. The molecule has 0 radical (unpaired) electrons. The molecule has 6 heteroatoms. The monoisotopic (exact) mass is 274 g/mol. The van der Waals surface area contributed by atoms with Gasteiger partial charge in [-0.15, -0.1) is 0 Å². The van der Waals surface area contributed by atoms with Crippen LogP contribution in [0.4, 0.5) is 5.82 Å². The van der Waals surface area contributed by atoms with E-state index in [0.717, 1.165) is 0 Å². The van der Waals surface area contributed by atoms with E-state index in [9.17, 15) is 9.59 Å². The average molecular weight is 274 g/mol. The fourth-order valence-corrected chi connectivity index (χ4v) is 1.51. The first-order chi connectivity index (χ1) is 9.56. The van der Waals surface area contributed by atoms with Crippen LogP contribution in [0.15, 0.2) is 40.9 Å². The van der Waals surface area contributed by atoms with E-state index < -0.39 is 18.0 Å². The van der Waals surface area contributed by atoms with Crippen LogP contribution in [0.3, 0.4) is 0 Å². The average Bonchev–Trinajstić information content (AvgIpc) is 2.85. The van der Waals surface area contributed by atoms with Crippen molar-refractivity contribution in [2.75, 3.05) is 5.32 Å². The zero-order chi connectivity index (χ0) is 14.5. The number of hydrogen-bond donors (Lipinski definition) is 1. The zero-order valence-corrected chi connectivity index (χ0v) is 11.1. The molecule has 0 fully saturated rings. The summed E-state index contributed by atoms with van der Waals surface area (Å²) in [6.07, 6.45) is -0.931. The van der Waals surface area contributed by atoms with Gasteiger partial charge in [0.25, 0.3) is 5.91 Å². The van der Waals surface area contributed by atoms with Crippen molar-refractivity contribution in [2.24, 2.45) is 0 Å². The van der Waals surface area contributed by atoms with Gasteiger partial charge in [0, 0.05) is 6.07 Å². The molecule has 1 N–H and O–H groups in total. The molecule has 0 bridgehead atoms. The molecule has 0 saturated heterocycles. The minimum absolute atomic E-state index is 0.287. The first-order valence-electron chi connectivity index (χ1n) is 6.06. The molecular weight excluding hydrogens is 260 g/mol. The van der Waals surface area contributed by atoms with Crippen LogP contribution in [0.25, 0.3) is 0 Å². The van der Waals surface area contributed by atoms with E-state index in [0.29, 0.717) is 11.3 Å². The molecule has 20 heavy (non-hydrogen) atoms. The van der Waals surface area contributed by atoms with E-state index >= 15 is 0 Å². The largest absolute Gasteiger partial charge is 0.449 e. The molecule has 1 atom stereocenters. The number of anilines is 1. The SMILES string of the molecule is Cc1cc(NC(=O)[C@H](C)OC(=O)c2ccccc2)no1. The summed E-state index contributed by atoms with van der Waals surface area (Å²) in [5.41, 5.74) is 0.393. The van der Waals surface area contributed by atoms with Gasteiger partial charge in [-0.3, -0.25) is 4.79 Å². The fourth-order valence-electron chi connectivity index (χ4n) is 1.51. The number of benzene rings is 1. The lowest BCUT2D eigenvalue weighted by Gasteiger charge is -2.12. The second-order valence-electron chi connectivity index (χ2n) is 4.23. The topological polar surface area (TPSA) is 81.4 Å². The number of hydrogen-bond acceptors (Lipinski definition) is 5. The molecule has 2 rings (SSSR count). The first-order valence-corrected chi connectivity index (χ1v) is 6.06. The van der Waals surface area contributed by atoms with E-state index in [-0.39, 0.29) is 5.82 Å². The summed E-state index contributed by atoms with van der Waals surface area (Å²) in [5, 5.41) is 6.13. The Morgan fingerprint density at radius 1 is 1.30 bits per heavy atom. The van der Waals surface area contributed by atoms with Gasteiger partial charge in [0.05, 0.1) is 5.56 Å². The maximum Gasteiger partial charge on any atom is 0.338 e. The Morgan fingerprint density at radius 2 is 2.00 bits per heavy atom. The van der Waals surface area contributed by atoms with Gasteiger partial charge in [-0.05, 0) is 26.0 Å².